The maximum Gasteiger partial charge on any atom is 0.305 e. The summed E-state index contributed by atoms with van der Waals surface area (Å²) in [5.74, 6) is -2.04. The number of pyridine rings is 1. The van der Waals surface area contributed by atoms with Gasteiger partial charge < -0.3 is 26.8 Å². The van der Waals surface area contributed by atoms with E-state index in [1.165, 1.54) is 0 Å². The molecule has 1 aromatic heterocycles. The highest BCUT2D eigenvalue weighted by Crippen LogP contribution is 2.20. The molecule has 1 heterocycles. The molecule has 2 aromatic rings. The molecule has 1 atom stereocenters. The van der Waals surface area contributed by atoms with Crippen LogP contribution in [0.2, 0.25) is 0 Å². The van der Waals surface area contributed by atoms with Crippen LogP contribution in [0.3, 0.4) is 0 Å². The quantitative estimate of drug-likeness (QED) is 0.376. The van der Waals surface area contributed by atoms with E-state index in [2.05, 4.69) is 20.9 Å². The number of thiocarbonyl (C=S) groups is 1. The predicted molar refractivity (Wildman–Crippen MR) is 116 cm³/mol. The van der Waals surface area contributed by atoms with E-state index >= 15 is 0 Å². The molecular formula is C20H23N5O4S. The van der Waals surface area contributed by atoms with Crippen molar-refractivity contribution in [2.75, 3.05) is 11.9 Å². The lowest BCUT2D eigenvalue weighted by Crippen LogP contribution is -2.39. The van der Waals surface area contributed by atoms with Gasteiger partial charge in [0.25, 0.3) is 5.91 Å². The fourth-order valence-corrected chi connectivity index (χ4v) is 2.98. The number of nitrogens with two attached hydrogens (primary N) is 1. The largest absolute Gasteiger partial charge is 0.481 e. The molecule has 0 aliphatic carbocycles. The topological polar surface area (TPSA) is 146 Å². The van der Waals surface area contributed by atoms with Gasteiger partial charge in [-0.2, -0.15) is 0 Å². The van der Waals surface area contributed by atoms with Crippen LogP contribution >= 0.6 is 12.2 Å². The third kappa shape index (κ3) is 6.82. The number of hydrogen-bond donors (Lipinski definition) is 5. The molecule has 2 amide bonds. The van der Waals surface area contributed by atoms with Crippen molar-refractivity contribution in [2.24, 2.45) is 5.73 Å². The van der Waals surface area contributed by atoms with Gasteiger partial charge in [0.1, 0.15) is 0 Å². The monoisotopic (exact) mass is 429 g/mol. The molecule has 0 aliphatic rings. The Hall–Kier alpha value is -3.53. The third-order valence-corrected chi connectivity index (χ3v) is 4.25. The number of aliphatic carboxylic acids is 1. The molecule has 1 unspecified atom stereocenters. The molecule has 0 spiro atoms. The van der Waals surface area contributed by atoms with Crippen LogP contribution in [-0.2, 0) is 16.0 Å². The molecule has 10 heteroatoms. The van der Waals surface area contributed by atoms with Crippen molar-refractivity contribution in [3.63, 3.8) is 0 Å². The number of aryl methyl sites for hydroxylation is 1. The van der Waals surface area contributed by atoms with Gasteiger partial charge in [-0.15, -0.1) is 0 Å². The summed E-state index contributed by atoms with van der Waals surface area (Å²) in [4.78, 5) is 40.2. The van der Waals surface area contributed by atoms with Crippen molar-refractivity contribution in [1.82, 2.24) is 15.6 Å². The summed E-state index contributed by atoms with van der Waals surface area (Å²) in [6, 6.07) is 9.13. The molecule has 6 N–H and O–H groups in total. The molecule has 2 rings (SSSR count). The Morgan fingerprint density at radius 2 is 2.00 bits per heavy atom. The minimum absolute atomic E-state index is 0.0678. The summed E-state index contributed by atoms with van der Waals surface area (Å²) < 4.78 is 0. The zero-order chi connectivity index (χ0) is 22.1. The number of carboxylic acids is 1. The van der Waals surface area contributed by atoms with Gasteiger partial charge in [-0.3, -0.25) is 19.4 Å². The van der Waals surface area contributed by atoms with Crippen LogP contribution in [0.1, 0.15) is 41.0 Å². The second-order valence-corrected chi connectivity index (χ2v) is 6.80. The number of amides is 2. The lowest BCUT2D eigenvalue weighted by atomic mass is 10.0. The lowest BCUT2D eigenvalue weighted by Gasteiger charge is -2.19. The molecule has 1 aromatic carbocycles. The highest BCUT2D eigenvalue weighted by atomic mass is 32.1. The van der Waals surface area contributed by atoms with Gasteiger partial charge in [0.05, 0.1) is 19.0 Å². The molecule has 0 bridgehead atoms. The summed E-state index contributed by atoms with van der Waals surface area (Å²) >= 11 is 4.77. The Labute approximate surface area is 179 Å². The van der Waals surface area contributed by atoms with E-state index in [9.17, 15) is 19.5 Å². The number of carbonyl (C=O) groups is 3. The van der Waals surface area contributed by atoms with Gasteiger partial charge in [-0.25, -0.2) is 0 Å². The number of carboxylic acid groups (broad SMARTS) is 1. The summed E-state index contributed by atoms with van der Waals surface area (Å²) in [5, 5.41) is 17.2. The van der Waals surface area contributed by atoms with Crippen LogP contribution in [0.25, 0.3) is 0 Å². The number of nitrogens with zero attached hydrogens (tertiary/aromatic N) is 1. The number of carbonyl (C=O) groups excluding carboxylic acids is 2. The van der Waals surface area contributed by atoms with Gasteiger partial charge in [0.2, 0.25) is 5.91 Å². The summed E-state index contributed by atoms with van der Waals surface area (Å²) in [7, 11) is 0. The Balaban J connectivity index is 2.02. The standard InChI is InChI=1S/C20H23N5O4S/c1-2-15-14(7-4-8-22-15)16(10-18(27)28)25-17(26)11-23-19(29)12-5-3-6-13(9-12)24-20(21)30/h3-9,16H,2,10-11H2,1H3,(H,23,29)(H,25,26)(H,27,28)(H3,21,24,30). The normalized spacial score (nSPS) is 11.2. The smallest absolute Gasteiger partial charge is 0.305 e. The van der Waals surface area contributed by atoms with Crippen LogP contribution in [0.15, 0.2) is 42.6 Å². The SMILES string of the molecule is CCc1ncccc1C(CC(=O)O)NC(=O)CNC(=O)c1cccc(NC(N)=S)c1. The average molecular weight is 430 g/mol. The number of rotatable bonds is 9. The van der Waals surface area contributed by atoms with E-state index in [1.54, 1.807) is 42.6 Å². The maximum atomic E-state index is 12.4. The fourth-order valence-electron chi connectivity index (χ4n) is 2.86. The van der Waals surface area contributed by atoms with Gasteiger partial charge in [-0.05, 0) is 48.5 Å². The summed E-state index contributed by atoms with van der Waals surface area (Å²) in [6.07, 6.45) is 1.91. The number of aromatic nitrogens is 1. The highest BCUT2D eigenvalue weighted by molar-refractivity contribution is 7.80. The molecule has 0 aliphatic heterocycles. The molecule has 0 saturated carbocycles. The summed E-state index contributed by atoms with van der Waals surface area (Å²) in [6.45, 7) is 1.58. The van der Waals surface area contributed by atoms with Crippen molar-refractivity contribution >= 4 is 40.8 Å². The molecular weight excluding hydrogens is 406 g/mol. The minimum atomic E-state index is -1.06. The average Bonchev–Trinajstić information content (AvgIpc) is 2.70. The van der Waals surface area contributed by atoms with Crippen molar-refractivity contribution in [1.29, 1.82) is 0 Å². The van der Waals surface area contributed by atoms with E-state index in [1.807, 2.05) is 6.92 Å². The van der Waals surface area contributed by atoms with E-state index in [0.29, 0.717) is 28.9 Å². The van der Waals surface area contributed by atoms with Gasteiger partial charge in [-0.1, -0.05) is 19.1 Å². The molecule has 0 saturated heterocycles. The third-order valence-electron chi connectivity index (χ3n) is 4.15. The zero-order valence-electron chi connectivity index (χ0n) is 16.3. The molecule has 0 fully saturated rings. The first-order valence-electron chi connectivity index (χ1n) is 9.19. The van der Waals surface area contributed by atoms with Crippen LogP contribution in [0.4, 0.5) is 5.69 Å². The van der Waals surface area contributed by atoms with Crippen LogP contribution in [0.5, 0.6) is 0 Å². The summed E-state index contributed by atoms with van der Waals surface area (Å²) in [5.41, 5.74) is 7.62. The Kier molecular flexibility index (Phi) is 8.24. The van der Waals surface area contributed by atoms with Gasteiger partial charge >= 0.3 is 5.97 Å². The molecule has 158 valence electrons. The van der Waals surface area contributed by atoms with Gasteiger partial charge in [0.15, 0.2) is 5.11 Å². The van der Waals surface area contributed by atoms with Crippen molar-refractivity contribution < 1.29 is 19.5 Å². The zero-order valence-corrected chi connectivity index (χ0v) is 17.2. The van der Waals surface area contributed by atoms with Crippen LogP contribution in [0, 0.1) is 0 Å². The second kappa shape index (κ2) is 10.9. The number of hydrogen-bond acceptors (Lipinski definition) is 5. The Morgan fingerprint density at radius 3 is 2.67 bits per heavy atom. The number of anilines is 1. The van der Waals surface area contributed by atoms with E-state index in [4.69, 9.17) is 18.0 Å². The van der Waals surface area contributed by atoms with E-state index in [-0.39, 0.29) is 18.1 Å². The van der Waals surface area contributed by atoms with E-state index < -0.39 is 23.8 Å². The lowest BCUT2D eigenvalue weighted by molar-refractivity contribution is -0.137. The van der Waals surface area contributed by atoms with Crippen molar-refractivity contribution in [3.05, 3.63) is 59.4 Å². The molecule has 9 nitrogen and oxygen atoms in total. The number of nitrogens with one attached hydrogen (secondary N) is 3. The first-order chi connectivity index (χ1) is 14.3. The van der Waals surface area contributed by atoms with E-state index in [0.717, 1.165) is 0 Å². The van der Waals surface area contributed by atoms with Crippen molar-refractivity contribution in [3.8, 4) is 0 Å². The van der Waals surface area contributed by atoms with Gasteiger partial charge in [0, 0.05) is 23.1 Å². The first kappa shape index (κ1) is 22.8. The number of benzene rings is 1. The minimum Gasteiger partial charge on any atom is -0.481 e. The Bertz CT molecular complexity index is 950. The fraction of sp³-hybridized carbons (Fsp3) is 0.250. The van der Waals surface area contributed by atoms with Crippen LogP contribution in [-0.4, -0.2) is 39.5 Å². The predicted octanol–water partition coefficient (Wildman–Crippen LogP) is 1.36. The first-order valence-corrected chi connectivity index (χ1v) is 9.60. The highest BCUT2D eigenvalue weighted by Gasteiger charge is 2.21. The molecule has 0 radical (unpaired) electrons. The van der Waals surface area contributed by atoms with Crippen molar-refractivity contribution in [2.45, 2.75) is 25.8 Å². The molecule has 30 heavy (non-hydrogen) atoms. The maximum absolute atomic E-state index is 12.4. The Morgan fingerprint density at radius 1 is 1.23 bits per heavy atom. The van der Waals surface area contributed by atoms with Crippen LogP contribution < -0.4 is 21.7 Å². The second-order valence-electron chi connectivity index (χ2n) is 6.36.